The molecule has 1 N–H and O–H groups in total. The van der Waals surface area contributed by atoms with E-state index in [4.69, 9.17) is 14.2 Å². The predicted octanol–water partition coefficient (Wildman–Crippen LogP) is 1.77. The van der Waals surface area contributed by atoms with Gasteiger partial charge in [0.05, 0.1) is 44.0 Å². The van der Waals surface area contributed by atoms with Gasteiger partial charge in [-0.3, -0.25) is 19.3 Å². The first-order chi connectivity index (χ1) is 19.3. The number of carbonyl (C=O) groups excluding carboxylic acids is 3. The fourth-order valence-corrected chi connectivity index (χ4v) is 7.30. The van der Waals surface area contributed by atoms with Crippen LogP contribution >= 0.6 is 0 Å². The van der Waals surface area contributed by atoms with Crippen molar-refractivity contribution < 1.29 is 33.7 Å². The Labute approximate surface area is 238 Å². The second-order valence-corrected chi connectivity index (χ2v) is 11.4. The van der Waals surface area contributed by atoms with E-state index in [1.807, 2.05) is 13.8 Å². The zero-order valence-electron chi connectivity index (χ0n) is 24.2. The highest BCUT2D eigenvalue weighted by Crippen LogP contribution is 2.64. The molecule has 4 rings (SSSR count). The van der Waals surface area contributed by atoms with E-state index in [1.54, 1.807) is 22.0 Å². The van der Waals surface area contributed by atoms with Crippen LogP contribution in [-0.2, 0) is 28.6 Å². The van der Waals surface area contributed by atoms with Crippen LogP contribution < -0.4 is 0 Å². The van der Waals surface area contributed by atoms with Crippen molar-refractivity contribution >= 4 is 17.8 Å². The van der Waals surface area contributed by atoms with Crippen LogP contribution in [0.1, 0.15) is 52.4 Å². The molecule has 0 aliphatic carbocycles. The standard InChI is InChI=1S/C30H47N3O7/c1-5-9-10-18-39-28(37)24-23-26(35)33(22(7-3)21-34)25(30(23)12-11-29(24,8-4)40-30)27(36)32(13-6-2)15-14-31-16-19-38-20-17-31/h5-6,22-25,34H,1-2,7-21H2,3-4H3/t22-,23-,24+,25?,29-,30?/m0/s1. The molecule has 0 radical (unpaired) electrons. The quantitative estimate of drug-likeness (QED) is 0.183. The van der Waals surface area contributed by atoms with Gasteiger partial charge in [-0.05, 0) is 38.5 Å². The maximum atomic E-state index is 14.5. The molecule has 4 heterocycles. The molecule has 2 amide bonds. The number of esters is 1. The lowest BCUT2D eigenvalue weighted by molar-refractivity contribution is -0.163. The molecule has 6 atom stereocenters. The third-order valence-corrected chi connectivity index (χ3v) is 9.43. The summed E-state index contributed by atoms with van der Waals surface area (Å²) in [4.78, 5) is 47.9. The Morgan fingerprint density at radius 3 is 2.60 bits per heavy atom. The number of aliphatic hydroxyl groups is 1. The van der Waals surface area contributed by atoms with Crippen LogP contribution in [0.4, 0.5) is 0 Å². The maximum Gasteiger partial charge on any atom is 0.312 e. The molecule has 4 aliphatic heterocycles. The molecule has 4 aliphatic rings. The van der Waals surface area contributed by atoms with Crippen LogP contribution in [-0.4, -0.2) is 120 Å². The SMILES string of the molecule is C=CCCCOC(=O)[C@H]1[C@H]2C(=O)N([C@@H](CC)CO)C(C(=O)N(CC=C)CCN3CCOCC3)C23CC[C@]1(CC)O3. The lowest BCUT2D eigenvalue weighted by Gasteiger charge is -2.40. The van der Waals surface area contributed by atoms with Crippen molar-refractivity contribution in [2.24, 2.45) is 11.8 Å². The van der Waals surface area contributed by atoms with Crippen LogP contribution in [0.2, 0.25) is 0 Å². The third-order valence-electron chi connectivity index (χ3n) is 9.43. The summed E-state index contributed by atoms with van der Waals surface area (Å²) in [6, 6.07) is -1.49. The van der Waals surface area contributed by atoms with Gasteiger partial charge in [0.2, 0.25) is 11.8 Å². The molecule has 2 unspecified atom stereocenters. The molecule has 40 heavy (non-hydrogen) atoms. The molecule has 4 fully saturated rings. The number of allylic oxidation sites excluding steroid dienone is 1. The van der Waals surface area contributed by atoms with Gasteiger partial charge in [-0.1, -0.05) is 26.0 Å². The minimum absolute atomic E-state index is 0.220. The third kappa shape index (κ3) is 5.35. The van der Waals surface area contributed by atoms with Crippen LogP contribution in [0.3, 0.4) is 0 Å². The van der Waals surface area contributed by atoms with E-state index in [0.29, 0.717) is 65.0 Å². The Morgan fingerprint density at radius 1 is 1.23 bits per heavy atom. The molecule has 0 aromatic rings. The summed E-state index contributed by atoms with van der Waals surface area (Å²) in [7, 11) is 0. The zero-order chi connectivity index (χ0) is 28.9. The molecular formula is C30H47N3O7. The van der Waals surface area contributed by atoms with Gasteiger partial charge in [-0.15, -0.1) is 13.2 Å². The number of amides is 2. The van der Waals surface area contributed by atoms with Crippen molar-refractivity contribution in [3.8, 4) is 0 Å². The first-order valence-corrected chi connectivity index (χ1v) is 14.9. The molecule has 0 aromatic heterocycles. The number of rotatable bonds is 15. The van der Waals surface area contributed by atoms with E-state index in [0.717, 1.165) is 19.5 Å². The van der Waals surface area contributed by atoms with E-state index in [1.165, 1.54) is 0 Å². The number of nitrogens with zero attached hydrogens (tertiary/aromatic N) is 3. The first-order valence-electron chi connectivity index (χ1n) is 14.9. The van der Waals surface area contributed by atoms with Crippen LogP contribution in [0.15, 0.2) is 25.3 Å². The van der Waals surface area contributed by atoms with Crippen molar-refractivity contribution in [2.75, 3.05) is 59.2 Å². The van der Waals surface area contributed by atoms with E-state index < -0.39 is 41.1 Å². The van der Waals surface area contributed by atoms with E-state index >= 15 is 0 Å². The molecule has 2 bridgehead atoms. The molecule has 0 saturated carbocycles. The summed E-state index contributed by atoms with van der Waals surface area (Å²) >= 11 is 0. The molecule has 224 valence electrons. The normalized spacial score (nSPS) is 32.1. The number of unbranched alkanes of at least 4 members (excludes halogenated alkanes) is 1. The van der Waals surface area contributed by atoms with Gasteiger partial charge < -0.3 is 29.1 Å². The largest absolute Gasteiger partial charge is 0.465 e. The lowest BCUT2D eigenvalue weighted by atomic mass is 9.65. The second kappa shape index (κ2) is 13.1. The van der Waals surface area contributed by atoms with Crippen LogP contribution in [0.25, 0.3) is 0 Å². The summed E-state index contributed by atoms with van der Waals surface area (Å²) in [5.74, 6) is -2.57. The number of ether oxygens (including phenoxy) is 3. The van der Waals surface area contributed by atoms with Gasteiger partial charge in [-0.25, -0.2) is 0 Å². The number of aliphatic hydroxyl groups excluding tert-OH is 1. The average Bonchev–Trinajstić information content (AvgIpc) is 3.58. The summed E-state index contributed by atoms with van der Waals surface area (Å²) in [6.45, 7) is 15.8. The van der Waals surface area contributed by atoms with Crippen molar-refractivity contribution in [3.05, 3.63) is 25.3 Å². The molecular weight excluding hydrogens is 514 g/mol. The summed E-state index contributed by atoms with van der Waals surface area (Å²) in [5.41, 5.74) is -1.99. The van der Waals surface area contributed by atoms with Crippen molar-refractivity contribution in [1.29, 1.82) is 0 Å². The van der Waals surface area contributed by atoms with Crippen molar-refractivity contribution in [3.63, 3.8) is 0 Å². The molecule has 4 saturated heterocycles. The minimum Gasteiger partial charge on any atom is -0.465 e. The summed E-state index contributed by atoms with van der Waals surface area (Å²) in [6.07, 6.45) is 6.93. The van der Waals surface area contributed by atoms with E-state index in [-0.39, 0.29) is 25.0 Å². The Balaban J connectivity index is 1.67. The fraction of sp³-hybridized carbons (Fsp3) is 0.767. The number of fused-ring (bicyclic) bond motifs is 1. The second-order valence-electron chi connectivity index (χ2n) is 11.4. The molecule has 0 aromatic carbocycles. The predicted molar refractivity (Wildman–Crippen MR) is 149 cm³/mol. The first kappa shape index (κ1) is 30.7. The monoisotopic (exact) mass is 561 g/mol. The van der Waals surface area contributed by atoms with Gasteiger partial charge in [0.25, 0.3) is 0 Å². The fourth-order valence-electron chi connectivity index (χ4n) is 7.30. The Kier molecular flexibility index (Phi) is 10.1. The average molecular weight is 562 g/mol. The number of carbonyl (C=O) groups is 3. The summed E-state index contributed by atoms with van der Waals surface area (Å²) < 4.78 is 18.0. The number of likely N-dealkylation sites (tertiary alicyclic amines) is 1. The van der Waals surface area contributed by atoms with Gasteiger partial charge in [0.15, 0.2) is 0 Å². The minimum atomic E-state index is -1.14. The zero-order valence-corrected chi connectivity index (χ0v) is 24.2. The highest BCUT2D eigenvalue weighted by Gasteiger charge is 2.79. The highest BCUT2D eigenvalue weighted by molar-refractivity contribution is 5.98. The van der Waals surface area contributed by atoms with Crippen LogP contribution in [0.5, 0.6) is 0 Å². The molecule has 10 heteroatoms. The summed E-state index contributed by atoms with van der Waals surface area (Å²) in [5, 5.41) is 10.3. The van der Waals surface area contributed by atoms with Gasteiger partial charge >= 0.3 is 5.97 Å². The maximum absolute atomic E-state index is 14.5. The van der Waals surface area contributed by atoms with Crippen molar-refractivity contribution in [1.82, 2.24) is 14.7 Å². The smallest absolute Gasteiger partial charge is 0.312 e. The van der Waals surface area contributed by atoms with Gasteiger partial charge in [0.1, 0.15) is 17.6 Å². The van der Waals surface area contributed by atoms with Gasteiger partial charge in [0, 0.05) is 32.7 Å². The number of hydrogen-bond donors (Lipinski definition) is 1. The van der Waals surface area contributed by atoms with Crippen molar-refractivity contribution in [2.45, 2.75) is 75.7 Å². The Hall–Kier alpha value is -2.27. The van der Waals surface area contributed by atoms with E-state index in [2.05, 4.69) is 18.1 Å². The molecule has 10 nitrogen and oxygen atoms in total. The number of hydrogen-bond acceptors (Lipinski definition) is 8. The molecule has 1 spiro atoms. The Bertz CT molecular complexity index is 950. The topological polar surface area (TPSA) is 109 Å². The van der Waals surface area contributed by atoms with Gasteiger partial charge in [-0.2, -0.15) is 0 Å². The highest BCUT2D eigenvalue weighted by atomic mass is 16.6. The lowest BCUT2D eigenvalue weighted by Crippen LogP contribution is -2.59. The Morgan fingerprint density at radius 2 is 1.98 bits per heavy atom. The van der Waals surface area contributed by atoms with E-state index in [9.17, 15) is 19.5 Å². The number of morpholine rings is 1. The van der Waals surface area contributed by atoms with Crippen LogP contribution in [0, 0.1) is 11.8 Å².